The molecule has 1 fully saturated rings. The van der Waals surface area contributed by atoms with Gasteiger partial charge in [0.1, 0.15) is 6.10 Å². The van der Waals surface area contributed by atoms with E-state index in [0.29, 0.717) is 12.8 Å². The fourth-order valence-electron chi connectivity index (χ4n) is 3.63. The molecule has 0 unspecified atom stereocenters. The Hall–Kier alpha value is -2.15. The molecule has 2 rings (SSSR count). The average Bonchev–Trinajstić information content (AvgIpc) is 2.99. The second-order valence-corrected chi connectivity index (χ2v) is 7.26. The standard InChI is InChI=1S/C20H28O7/c1-13-5-3-2-4-6-14-11-15(27-20(25)10-8-18(22)23)12-16(14)17(21)7-9-19(24)26-13/h4,6-7,9,13-17,21H,2-3,5,8,10-12H2,1H3,(H,22,23)/b6-4+,9-7+/t13-,14+,15-,16+,17+/m0/s1. The highest BCUT2D eigenvalue weighted by Crippen LogP contribution is 2.38. The predicted molar refractivity (Wildman–Crippen MR) is 96.7 cm³/mol. The zero-order valence-corrected chi connectivity index (χ0v) is 15.6. The number of ether oxygens (including phenoxy) is 2. The first-order chi connectivity index (χ1) is 12.8. The van der Waals surface area contributed by atoms with E-state index >= 15 is 0 Å². The van der Waals surface area contributed by atoms with Crippen molar-refractivity contribution in [1.29, 1.82) is 0 Å². The molecule has 0 aromatic carbocycles. The van der Waals surface area contributed by atoms with Crippen molar-refractivity contribution in [3.05, 3.63) is 24.3 Å². The lowest BCUT2D eigenvalue weighted by Crippen LogP contribution is -2.22. The van der Waals surface area contributed by atoms with Gasteiger partial charge in [0, 0.05) is 6.08 Å². The number of aliphatic hydroxyl groups excluding tert-OH is 1. The second kappa shape index (κ2) is 10.3. The summed E-state index contributed by atoms with van der Waals surface area (Å²) in [6, 6.07) is 0. The van der Waals surface area contributed by atoms with Gasteiger partial charge in [-0.1, -0.05) is 12.2 Å². The molecule has 1 aliphatic heterocycles. The van der Waals surface area contributed by atoms with Crippen molar-refractivity contribution in [3.63, 3.8) is 0 Å². The van der Waals surface area contributed by atoms with E-state index < -0.39 is 24.0 Å². The molecule has 27 heavy (non-hydrogen) atoms. The van der Waals surface area contributed by atoms with Gasteiger partial charge in [0.05, 0.1) is 25.0 Å². The molecule has 0 saturated heterocycles. The number of carbonyl (C=O) groups excluding carboxylic acids is 2. The third kappa shape index (κ3) is 7.17. The van der Waals surface area contributed by atoms with Crippen LogP contribution >= 0.6 is 0 Å². The van der Waals surface area contributed by atoms with Gasteiger partial charge < -0.3 is 19.7 Å². The molecule has 0 amide bonds. The van der Waals surface area contributed by atoms with Crippen LogP contribution in [0, 0.1) is 11.8 Å². The highest BCUT2D eigenvalue weighted by Gasteiger charge is 2.38. The Morgan fingerprint density at radius 1 is 1.26 bits per heavy atom. The van der Waals surface area contributed by atoms with E-state index in [-0.39, 0.29) is 36.9 Å². The van der Waals surface area contributed by atoms with Gasteiger partial charge >= 0.3 is 17.9 Å². The minimum Gasteiger partial charge on any atom is -0.481 e. The molecule has 1 aliphatic carbocycles. The lowest BCUT2D eigenvalue weighted by atomic mass is 9.90. The summed E-state index contributed by atoms with van der Waals surface area (Å²) in [5.41, 5.74) is 0. The van der Waals surface area contributed by atoms with Crippen molar-refractivity contribution in [1.82, 2.24) is 0 Å². The van der Waals surface area contributed by atoms with Crippen LogP contribution in [0.4, 0.5) is 0 Å². The molecule has 5 atom stereocenters. The summed E-state index contributed by atoms with van der Waals surface area (Å²) in [6.07, 6.45) is 8.54. The van der Waals surface area contributed by atoms with Crippen molar-refractivity contribution in [3.8, 4) is 0 Å². The summed E-state index contributed by atoms with van der Waals surface area (Å²) >= 11 is 0. The SMILES string of the molecule is C[C@H]1CCC/C=C/[C@@H]2C[C@H](OC(=O)CCC(=O)O)C[C@H]2[C@H](O)/C=C/C(=O)O1. The maximum Gasteiger partial charge on any atom is 0.330 e. The van der Waals surface area contributed by atoms with E-state index in [1.165, 1.54) is 12.2 Å². The normalized spacial score (nSPS) is 34.1. The molecule has 2 N–H and O–H groups in total. The van der Waals surface area contributed by atoms with Crippen molar-refractivity contribution < 1.29 is 34.1 Å². The molecule has 0 spiro atoms. The van der Waals surface area contributed by atoms with Crippen LogP contribution in [0.15, 0.2) is 24.3 Å². The van der Waals surface area contributed by atoms with E-state index in [2.05, 4.69) is 12.2 Å². The highest BCUT2D eigenvalue weighted by molar-refractivity contribution is 5.82. The maximum absolute atomic E-state index is 11.8. The number of fused-ring (bicyclic) bond motifs is 1. The van der Waals surface area contributed by atoms with Gasteiger partial charge in [-0.2, -0.15) is 0 Å². The zero-order chi connectivity index (χ0) is 19.8. The number of allylic oxidation sites excluding steroid dienone is 2. The summed E-state index contributed by atoms with van der Waals surface area (Å²) in [7, 11) is 0. The highest BCUT2D eigenvalue weighted by atomic mass is 16.5. The summed E-state index contributed by atoms with van der Waals surface area (Å²) < 4.78 is 10.7. The molecule has 0 bridgehead atoms. The first kappa shape index (κ1) is 21.2. The Kier molecular flexibility index (Phi) is 8.03. The quantitative estimate of drug-likeness (QED) is 0.569. The van der Waals surface area contributed by atoms with E-state index in [1.807, 2.05) is 6.92 Å². The van der Waals surface area contributed by atoms with Crippen molar-refractivity contribution in [2.24, 2.45) is 11.8 Å². The molecule has 7 nitrogen and oxygen atoms in total. The van der Waals surface area contributed by atoms with Gasteiger partial charge in [-0.25, -0.2) is 4.79 Å². The fraction of sp³-hybridized carbons (Fsp3) is 0.650. The van der Waals surface area contributed by atoms with Crippen LogP contribution < -0.4 is 0 Å². The first-order valence-corrected chi connectivity index (χ1v) is 9.50. The van der Waals surface area contributed by atoms with Crippen LogP contribution in [0.2, 0.25) is 0 Å². The van der Waals surface area contributed by atoms with Gasteiger partial charge in [0.15, 0.2) is 0 Å². The van der Waals surface area contributed by atoms with E-state index in [9.17, 15) is 19.5 Å². The largest absolute Gasteiger partial charge is 0.481 e. The number of carboxylic acid groups (broad SMARTS) is 1. The number of hydrogen-bond acceptors (Lipinski definition) is 6. The number of rotatable bonds is 4. The topological polar surface area (TPSA) is 110 Å². The Morgan fingerprint density at radius 3 is 2.78 bits per heavy atom. The van der Waals surface area contributed by atoms with Crippen LogP contribution in [0.3, 0.4) is 0 Å². The van der Waals surface area contributed by atoms with Crippen LogP contribution in [0.1, 0.15) is 51.9 Å². The summed E-state index contributed by atoms with van der Waals surface area (Å²) in [5.74, 6) is -2.21. The fourth-order valence-corrected chi connectivity index (χ4v) is 3.63. The Morgan fingerprint density at radius 2 is 2.04 bits per heavy atom. The molecule has 0 aromatic rings. The number of aliphatic carboxylic acids is 1. The third-order valence-corrected chi connectivity index (χ3v) is 5.01. The number of carboxylic acids is 1. The number of cyclic esters (lactones) is 1. The van der Waals surface area contributed by atoms with Crippen LogP contribution in [-0.4, -0.2) is 46.4 Å². The Bertz CT molecular complexity index is 595. The molecule has 0 radical (unpaired) electrons. The smallest absolute Gasteiger partial charge is 0.330 e. The minimum absolute atomic E-state index is 0.0242. The molecule has 0 aromatic heterocycles. The zero-order valence-electron chi connectivity index (χ0n) is 15.6. The van der Waals surface area contributed by atoms with Gasteiger partial charge in [-0.3, -0.25) is 9.59 Å². The monoisotopic (exact) mass is 380 g/mol. The van der Waals surface area contributed by atoms with Crippen molar-refractivity contribution >= 4 is 17.9 Å². The number of carbonyl (C=O) groups is 3. The lowest BCUT2D eigenvalue weighted by Gasteiger charge is -2.19. The Balaban J connectivity index is 2.02. The third-order valence-electron chi connectivity index (χ3n) is 5.01. The number of aliphatic hydroxyl groups is 1. The van der Waals surface area contributed by atoms with Crippen LogP contribution in [0.25, 0.3) is 0 Å². The van der Waals surface area contributed by atoms with Gasteiger partial charge in [-0.15, -0.1) is 0 Å². The second-order valence-electron chi connectivity index (χ2n) is 7.26. The molecular formula is C20H28O7. The molecule has 2 aliphatic rings. The van der Waals surface area contributed by atoms with Crippen LogP contribution in [-0.2, 0) is 23.9 Å². The number of esters is 2. The molecular weight excluding hydrogens is 352 g/mol. The summed E-state index contributed by atoms with van der Waals surface area (Å²) in [6.45, 7) is 1.85. The van der Waals surface area contributed by atoms with Crippen molar-refractivity contribution in [2.45, 2.75) is 70.2 Å². The minimum atomic E-state index is -1.04. The lowest BCUT2D eigenvalue weighted by molar-refractivity contribution is -0.152. The van der Waals surface area contributed by atoms with Crippen LogP contribution in [0.5, 0.6) is 0 Å². The summed E-state index contributed by atoms with van der Waals surface area (Å²) in [4.78, 5) is 34.2. The molecule has 150 valence electrons. The molecule has 1 heterocycles. The predicted octanol–water partition coefficient (Wildman–Crippen LogP) is 2.38. The maximum atomic E-state index is 11.8. The van der Waals surface area contributed by atoms with Gasteiger partial charge in [0.2, 0.25) is 0 Å². The van der Waals surface area contributed by atoms with Crippen molar-refractivity contribution in [2.75, 3.05) is 0 Å². The van der Waals surface area contributed by atoms with Gasteiger partial charge in [-0.05, 0) is 56.9 Å². The number of hydrogen-bond donors (Lipinski definition) is 2. The average molecular weight is 380 g/mol. The summed E-state index contributed by atoms with van der Waals surface area (Å²) in [5, 5.41) is 19.1. The van der Waals surface area contributed by atoms with E-state index in [4.69, 9.17) is 14.6 Å². The van der Waals surface area contributed by atoms with Gasteiger partial charge in [0.25, 0.3) is 0 Å². The first-order valence-electron chi connectivity index (χ1n) is 9.50. The van der Waals surface area contributed by atoms with E-state index in [0.717, 1.165) is 19.3 Å². The van der Waals surface area contributed by atoms with E-state index in [1.54, 1.807) is 0 Å². The molecule has 7 heteroatoms. The molecule has 1 saturated carbocycles. The Labute approximate surface area is 159 Å².